The van der Waals surface area contributed by atoms with Crippen LogP contribution in [0.4, 0.5) is 8.78 Å². The molecule has 32 heavy (non-hydrogen) atoms. The number of hydrogen-bond donors (Lipinski definition) is 0. The van der Waals surface area contributed by atoms with Gasteiger partial charge in [0.1, 0.15) is 12.5 Å². The van der Waals surface area contributed by atoms with Gasteiger partial charge in [0.15, 0.2) is 0 Å². The molecule has 0 spiro atoms. The topological polar surface area (TPSA) is 9.23 Å². The minimum absolute atomic E-state index is 0.00963. The first kappa shape index (κ1) is 24.4. The van der Waals surface area contributed by atoms with E-state index in [1.54, 1.807) is 0 Å². The van der Waals surface area contributed by atoms with Gasteiger partial charge in [-0.1, -0.05) is 19.1 Å². The lowest BCUT2D eigenvalue weighted by molar-refractivity contribution is -0.0531. The number of rotatable bonds is 6. The quantitative estimate of drug-likeness (QED) is 0.370. The van der Waals surface area contributed by atoms with E-state index in [0.717, 1.165) is 73.9 Å². The van der Waals surface area contributed by atoms with Crippen LogP contribution in [0.1, 0.15) is 96.8 Å². The molecule has 1 aliphatic heterocycles. The van der Waals surface area contributed by atoms with Crippen LogP contribution in [0.5, 0.6) is 0 Å². The molecule has 1 heterocycles. The van der Waals surface area contributed by atoms with Gasteiger partial charge >= 0.3 is 0 Å². The molecule has 0 radical (unpaired) electrons. The molecule has 3 heteroatoms. The van der Waals surface area contributed by atoms with Crippen molar-refractivity contribution in [1.82, 2.24) is 0 Å². The van der Waals surface area contributed by atoms with Gasteiger partial charge < -0.3 is 4.74 Å². The van der Waals surface area contributed by atoms with Gasteiger partial charge in [0.25, 0.3) is 0 Å². The van der Waals surface area contributed by atoms with Crippen LogP contribution in [0.3, 0.4) is 0 Å². The van der Waals surface area contributed by atoms with Gasteiger partial charge in [-0.2, -0.15) is 0 Å². The Balaban J connectivity index is 1.13. The molecule has 4 aliphatic rings. The maximum absolute atomic E-state index is 13.9. The van der Waals surface area contributed by atoms with Crippen molar-refractivity contribution in [3.05, 3.63) is 24.1 Å². The summed E-state index contributed by atoms with van der Waals surface area (Å²) in [6.07, 6.45) is 24.3. The van der Waals surface area contributed by atoms with E-state index < -0.39 is 6.67 Å². The van der Waals surface area contributed by atoms with E-state index in [-0.39, 0.29) is 11.7 Å². The summed E-state index contributed by atoms with van der Waals surface area (Å²) in [5, 5.41) is 0. The molecule has 2 unspecified atom stereocenters. The number of alkyl halides is 1. The predicted octanol–water partition coefficient (Wildman–Crippen LogP) is 8.60. The van der Waals surface area contributed by atoms with Crippen LogP contribution in [0.15, 0.2) is 24.1 Å². The maximum Gasteiger partial charge on any atom is 0.110 e. The van der Waals surface area contributed by atoms with Crippen LogP contribution >= 0.6 is 0 Å². The SMILES string of the molecule is CC1CCC(C2CCC(/C=C/C3CCC(C4CCC(/C(F)=C/CF)CC4)CC3)CC2)OC1. The van der Waals surface area contributed by atoms with Gasteiger partial charge in [-0.15, -0.1) is 0 Å². The molecule has 1 nitrogen and oxygen atoms in total. The lowest BCUT2D eigenvalue weighted by Gasteiger charge is -2.37. The lowest BCUT2D eigenvalue weighted by Crippen LogP contribution is -2.33. The Morgan fingerprint density at radius 3 is 1.75 bits per heavy atom. The van der Waals surface area contributed by atoms with Crippen molar-refractivity contribution in [3.8, 4) is 0 Å². The molecule has 0 aromatic rings. The minimum Gasteiger partial charge on any atom is -0.378 e. The van der Waals surface area contributed by atoms with Gasteiger partial charge in [-0.25, -0.2) is 8.78 Å². The molecule has 0 amide bonds. The third kappa shape index (κ3) is 6.67. The smallest absolute Gasteiger partial charge is 0.110 e. The highest BCUT2D eigenvalue weighted by Gasteiger charge is 2.32. The van der Waals surface area contributed by atoms with E-state index in [9.17, 15) is 8.78 Å². The molecule has 0 bridgehead atoms. The zero-order valence-electron chi connectivity index (χ0n) is 20.3. The summed E-state index contributed by atoms with van der Waals surface area (Å²) >= 11 is 0. The number of allylic oxidation sites excluding steroid dienone is 4. The van der Waals surface area contributed by atoms with Gasteiger partial charge in [0, 0.05) is 12.5 Å². The van der Waals surface area contributed by atoms with Crippen molar-refractivity contribution in [1.29, 1.82) is 0 Å². The highest BCUT2D eigenvalue weighted by Crippen LogP contribution is 2.43. The van der Waals surface area contributed by atoms with Crippen LogP contribution in [-0.2, 0) is 4.74 Å². The van der Waals surface area contributed by atoms with Crippen molar-refractivity contribution in [2.75, 3.05) is 13.3 Å². The maximum atomic E-state index is 13.9. The summed E-state index contributed by atoms with van der Waals surface area (Å²) in [5.41, 5.74) is 0. The predicted molar refractivity (Wildman–Crippen MR) is 129 cm³/mol. The third-order valence-electron chi connectivity index (χ3n) is 9.45. The molecule has 0 aromatic heterocycles. The first-order chi connectivity index (χ1) is 15.6. The summed E-state index contributed by atoms with van der Waals surface area (Å²) in [6.45, 7) is 2.62. The highest BCUT2D eigenvalue weighted by molar-refractivity contribution is 5.01. The van der Waals surface area contributed by atoms with Crippen molar-refractivity contribution < 1.29 is 13.5 Å². The van der Waals surface area contributed by atoms with E-state index >= 15 is 0 Å². The Morgan fingerprint density at radius 2 is 1.25 bits per heavy atom. The van der Waals surface area contributed by atoms with Crippen LogP contribution < -0.4 is 0 Å². The first-order valence-corrected chi connectivity index (χ1v) is 13.8. The summed E-state index contributed by atoms with van der Waals surface area (Å²) in [6, 6.07) is 0. The van der Waals surface area contributed by atoms with E-state index in [4.69, 9.17) is 4.74 Å². The number of halogens is 2. The summed E-state index contributed by atoms with van der Waals surface area (Å²) in [4.78, 5) is 0. The van der Waals surface area contributed by atoms with Crippen molar-refractivity contribution >= 4 is 0 Å². The second-order valence-electron chi connectivity index (χ2n) is 11.6. The van der Waals surface area contributed by atoms with Crippen LogP contribution in [-0.4, -0.2) is 19.4 Å². The van der Waals surface area contributed by atoms with Crippen LogP contribution in [0.25, 0.3) is 0 Å². The standard InChI is InChI=1S/C29H46F2O/c1-21-2-17-29(32-20-21)27-11-7-23(8-12-27)4-3-22-5-9-24(10-6-22)25-13-15-26(16-14-25)28(31)18-19-30/h3-4,18,21-27,29H,2,5-17,19-20H2,1H3/b4-3+,28-18-. The average Bonchev–Trinajstić information content (AvgIpc) is 2.84. The van der Waals surface area contributed by atoms with Gasteiger partial charge in [0.2, 0.25) is 0 Å². The summed E-state index contributed by atoms with van der Waals surface area (Å²) in [5.74, 6) is 4.51. The molecule has 4 fully saturated rings. The average molecular weight is 449 g/mol. The monoisotopic (exact) mass is 448 g/mol. The lowest BCUT2D eigenvalue weighted by atomic mass is 9.69. The van der Waals surface area contributed by atoms with Gasteiger partial charge in [-0.05, 0) is 131 Å². The molecule has 2 atom stereocenters. The van der Waals surface area contributed by atoms with E-state index in [1.807, 2.05) is 0 Å². The summed E-state index contributed by atoms with van der Waals surface area (Å²) < 4.78 is 32.4. The van der Waals surface area contributed by atoms with Crippen molar-refractivity contribution in [3.63, 3.8) is 0 Å². The zero-order chi connectivity index (χ0) is 22.3. The van der Waals surface area contributed by atoms with Crippen molar-refractivity contribution in [2.24, 2.45) is 41.4 Å². The first-order valence-electron chi connectivity index (χ1n) is 13.8. The molecule has 182 valence electrons. The fraction of sp³-hybridized carbons (Fsp3) is 0.862. The molecule has 3 aliphatic carbocycles. The van der Waals surface area contributed by atoms with Crippen molar-refractivity contribution in [2.45, 2.75) is 103 Å². The van der Waals surface area contributed by atoms with Gasteiger partial charge in [-0.3, -0.25) is 0 Å². The second kappa shape index (κ2) is 12.1. The van der Waals surface area contributed by atoms with Gasteiger partial charge in [0.05, 0.1) is 6.10 Å². The van der Waals surface area contributed by atoms with E-state index in [1.165, 1.54) is 64.2 Å². The number of hydrogen-bond acceptors (Lipinski definition) is 1. The molecular weight excluding hydrogens is 402 g/mol. The fourth-order valence-corrected chi connectivity index (χ4v) is 7.21. The molecule has 0 aromatic carbocycles. The highest BCUT2D eigenvalue weighted by atomic mass is 19.1. The molecule has 3 saturated carbocycles. The largest absolute Gasteiger partial charge is 0.378 e. The minimum atomic E-state index is -0.668. The Kier molecular flexibility index (Phi) is 9.26. The molecule has 1 saturated heterocycles. The van der Waals surface area contributed by atoms with E-state index in [0.29, 0.717) is 6.10 Å². The summed E-state index contributed by atoms with van der Waals surface area (Å²) in [7, 11) is 0. The van der Waals surface area contributed by atoms with Crippen LogP contribution in [0, 0.1) is 41.4 Å². The molecule has 0 N–H and O–H groups in total. The number of ether oxygens (including phenoxy) is 1. The van der Waals surface area contributed by atoms with E-state index in [2.05, 4.69) is 19.1 Å². The Bertz CT molecular complexity index is 597. The molecule has 4 rings (SSSR count). The third-order valence-corrected chi connectivity index (χ3v) is 9.45. The Labute approximate surface area is 195 Å². The second-order valence-corrected chi connectivity index (χ2v) is 11.6. The zero-order valence-corrected chi connectivity index (χ0v) is 20.3. The molecular formula is C29H46F2O. The fourth-order valence-electron chi connectivity index (χ4n) is 7.21. The normalized spacial score (nSPS) is 42.3. The van der Waals surface area contributed by atoms with Crippen LogP contribution in [0.2, 0.25) is 0 Å². The Hall–Kier alpha value is -0.700. The Morgan fingerprint density at radius 1 is 0.719 bits per heavy atom.